The molecule has 0 bridgehead atoms. The Morgan fingerprint density at radius 1 is 1.04 bits per heavy atom. The molecule has 0 aromatic heterocycles. The lowest BCUT2D eigenvalue weighted by molar-refractivity contribution is -0.137. The summed E-state index contributed by atoms with van der Waals surface area (Å²) in [5.41, 5.74) is 0.255. The van der Waals surface area contributed by atoms with Crippen LogP contribution in [0, 0.1) is 5.92 Å². The first-order chi connectivity index (χ1) is 12.4. The Bertz CT molecular complexity index is 639. The standard InChI is InChI=1S/C20H25F3N2O/c21-20(22,23)18-9-7-16(8-10-18)15-24-11-4-12-25(14-13-24)19(26)17-5-2-1-3-6-17/h1-2,7-10,17H,3-6,11-15H2. The van der Waals surface area contributed by atoms with Crippen LogP contribution in [0.4, 0.5) is 13.2 Å². The smallest absolute Gasteiger partial charge is 0.341 e. The van der Waals surface area contributed by atoms with Crippen LogP contribution in [0.15, 0.2) is 36.4 Å². The molecule has 0 radical (unpaired) electrons. The fraction of sp³-hybridized carbons (Fsp3) is 0.550. The molecular weight excluding hydrogens is 341 g/mol. The number of rotatable bonds is 3. The third kappa shape index (κ3) is 4.87. The maximum atomic E-state index is 12.7. The van der Waals surface area contributed by atoms with Gasteiger partial charge >= 0.3 is 6.18 Å². The van der Waals surface area contributed by atoms with Gasteiger partial charge in [0, 0.05) is 38.6 Å². The van der Waals surface area contributed by atoms with Crippen molar-refractivity contribution in [2.24, 2.45) is 5.92 Å². The van der Waals surface area contributed by atoms with E-state index in [9.17, 15) is 18.0 Å². The molecule has 1 atom stereocenters. The number of hydrogen-bond acceptors (Lipinski definition) is 2. The highest BCUT2D eigenvalue weighted by molar-refractivity contribution is 5.79. The molecule has 6 heteroatoms. The number of alkyl halides is 3. The van der Waals surface area contributed by atoms with E-state index >= 15 is 0 Å². The van der Waals surface area contributed by atoms with Gasteiger partial charge in [-0.2, -0.15) is 13.2 Å². The van der Waals surface area contributed by atoms with Gasteiger partial charge in [0.1, 0.15) is 0 Å². The van der Waals surface area contributed by atoms with Gasteiger partial charge < -0.3 is 4.90 Å². The first kappa shape index (κ1) is 19.0. The Labute approximate surface area is 152 Å². The average molecular weight is 366 g/mol. The zero-order chi connectivity index (χ0) is 18.6. The third-order valence-electron chi connectivity index (χ3n) is 5.21. The SMILES string of the molecule is O=C(C1CC=CCC1)N1CCCN(Cc2ccc(C(F)(F)F)cc2)CC1. The predicted octanol–water partition coefficient (Wildman–Crippen LogP) is 4.10. The second-order valence-electron chi connectivity index (χ2n) is 7.13. The lowest BCUT2D eigenvalue weighted by Gasteiger charge is -2.27. The minimum absolute atomic E-state index is 0.112. The van der Waals surface area contributed by atoms with E-state index in [0.29, 0.717) is 13.1 Å². The monoisotopic (exact) mass is 366 g/mol. The number of carbonyl (C=O) groups excluding carboxylic acids is 1. The molecule has 26 heavy (non-hydrogen) atoms. The highest BCUT2D eigenvalue weighted by Crippen LogP contribution is 2.29. The van der Waals surface area contributed by atoms with Gasteiger partial charge in [0.25, 0.3) is 0 Å². The van der Waals surface area contributed by atoms with Crippen molar-refractivity contribution in [1.29, 1.82) is 0 Å². The number of nitrogens with zero attached hydrogens (tertiary/aromatic N) is 2. The number of amides is 1. The van der Waals surface area contributed by atoms with Gasteiger partial charge in [-0.1, -0.05) is 24.3 Å². The van der Waals surface area contributed by atoms with E-state index in [0.717, 1.165) is 63.0 Å². The van der Waals surface area contributed by atoms with Crippen molar-refractivity contribution in [2.75, 3.05) is 26.2 Å². The molecule has 1 saturated heterocycles. The molecule has 1 aromatic rings. The van der Waals surface area contributed by atoms with Crippen molar-refractivity contribution in [3.63, 3.8) is 0 Å². The van der Waals surface area contributed by atoms with Crippen LogP contribution in [-0.4, -0.2) is 41.9 Å². The number of benzene rings is 1. The minimum Gasteiger partial charge on any atom is -0.341 e. The normalized spacial score (nSPS) is 22.3. The first-order valence-electron chi connectivity index (χ1n) is 9.26. The number of halogens is 3. The molecule has 1 fully saturated rings. The highest BCUT2D eigenvalue weighted by atomic mass is 19.4. The molecular formula is C20H25F3N2O. The van der Waals surface area contributed by atoms with E-state index in [4.69, 9.17) is 0 Å². The lowest BCUT2D eigenvalue weighted by Crippen LogP contribution is -2.39. The van der Waals surface area contributed by atoms with Gasteiger partial charge in [-0.05, 0) is 43.4 Å². The molecule has 1 unspecified atom stereocenters. The van der Waals surface area contributed by atoms with Crippen LogP contribution in [0.2, 0.25) is 0 Å². The Morgan fingerprint density at radius 2 is 1.81 bits per heavy atom. The van der Waals surface area contributed by atoms with E-state index in [1.807, 2.05) is 4.90 Å². The zero-order valence-corrected chi connectivity index (χ0v) is 14.8. The number of carbonyl (C=O) groups is 1. The molecule has 0 spiro atoms. The fourth-order valence-electron chi connectivity index (χ4n) is 3.68. The van der Waals surface area contributed by atoms with Crippen LogP contribution >= 0.6 is 0 Å². The molecule has 1 amide bonds. The second-order valence-corrected chi connectivity index (χ2v) is 7.13. The van der Waals surface area contributed by atoms with Crippen LogP contribution in [0.25, 0.3) is 0 Å². The highest BCUT2D eigenvalue weighted by Gasteiger charge is 2.30. The zero-order valence-electron chi connectivity index (χ0n) is 14.8. The molecule has 2 aliphatic rings. The molecule has 3 rings (SSSR count). The third-order valence-corrected chi connectivity index (χ3v) is 5.21. The quantitative estimate of drug-likeness (QED) is 0.752. The largest absolute Gasteiger partial charge is 0.416 e. The van der Waals surface area contributed by atoms with Crippen molar-refractivity contribution in [3.05, 3.63) is 47.5 Å². The Hall–Kier alpha value is -1.82. The van der Waals surface area contributed by atoms with E-state index in [1.54, 1.807) is 12.1 Å². The van der Waals surface area contributed by atoms with Crippen LogP contribution in [0.3, 0.4) is 0 Å². The van der Waals surface area contributed by atoms with Crippen molar-refractivity contribution in [1.82, 2.24) is 9.80 Å². The van der Waals surface area contributed by atoms with Gasteiger partial charge in [-0.25, -0.2) is 0 Å². The number of allylic oxidation sites excluding steroid dienone is 2. The molecule has 142 valence electrons. The molecule has 1 aromatic carbocycles. The average Bonchev–Trinajstić information content (AvgIpc) is 2.87. The topological polar surface area (TPSA) is 23.6 Å². The summed E-state index contributed by atoms with van der Waals surface area (Å²) in [6.07, 6.45) is 3.58. The summed E-state index contributed by atoms with van der Waals surface area (Å²) in [7, 11) is 0. The summed E-state index contributed by atoms with van der Waals surface area (Å²) in [5, 5.41) is 0. The lowest BCUT2D eigenvalue weighted by atomic mass is 9.93. The van der Waals surface area contributed by atoms with Crippen molar-refractivity contribution in [2.45, 2.75) is 38.4 Å². The summed E-state index contributed by atoms with van der Waals surface area (Å²) in [6, 6.07) is 5.37. The first-order valence-corrected chi connectivity index (χ1v) is 9.26. The van der Waals surface area contributed by atoms with Crippen LogP contribution < -0.4 is 0 Å². The van der Waals surface area contributed by atoms with E-state index < -0.39 is 11.7 Å². The van der Waals surface area contributed by atoms with Gasteiger partial charge in [0.05, 0.1) is 5.56 Å². The van der Waals surface area contributed by atoms with Gasteiger partial charge in [-0.3, -0.25) is 9.69 Å². The molecule has 0 saturated carbocycles. The summed E-state index contributed by atoms with van der Waals surface area (Å²) >= 11 is 0. The van der Waals surface area contributed by atoms with Crippen LogP contribution in [-0.2, 0) is 17.5 Å². The molecule has 1 aliphatic carbocycles. The van der Waals surface area contributed by atoms with Gasteiger partial charge in [0.2, 0.25) is 5.91 Å². The van der Waals surface area contributed by atoms with Gasteiger partial charge in [-0.15, -0.1) is 0 Å². The van der Waals surface area contributed by atoms with E-state index in [1.165, 1.54) is 0 Å². The molecule has 0 N–H and O–H groups in total. The fourth-order valence-corrected chi connectivity index (χ4v) is 3.68. The minimum atomic E-state index is -4.30. The second kappa shape index (κ2) is 8.25. The van der Waals surface area contributed by atoms with E-state index in [2.05, 4.69) is 17.1 Å². The maximum absolute atomic E-state index is 12.7. The summed E-state index contributed by atoms with van der Waals surface area (Å²) in [5.74, 6) is 0.368. The number of hydrogen-bond donors (Lipinski definition) is 0. The Balaban J connectivity index is 1.53. The molecule has 3 nitrogen and oxygen atoms in total. The van der Waals surface area contributed by atoms with Crippen molar-refractivity contribution in [3.8, 4) is 0 Å². The van der Waals surface area contributed by atoms with Crippen molar-refractivity contribution < 1.29 is 18.0 Å². The van der Waals surface area contributed by atoms with Crippen LogP contribution in [0.1, 0.15) is 36.8 Å². The van der Waals surface area contributed by atoms with E-state index in [-0.39, 0.29) is 11.8 Å². The summed E-state index contributed by atoms with van der Waals surface area (Å²) < 4.78 is 38.0. The maximum Gasteiger partial charge on any atom is 0.416 e. The molecule has 1 aliphatic heterocycles. The Kier molecular flexibility index (Phi) is 6.01. The molecule has 1 heterocycles. The summed E-state index contributed by atoms with van der Waals surface area (Å²) in [6.45, 7) is 3.69. The predicted molar refractivity (Wildman–Crippen MR) is 94.4 cm³/mol. The summed E-state index contributed by atoms with van der Waals surface area (Å²) in [4.78, 5) is 16.9. The van der Waals surface area contributed by atoms with Crippen molar-refractivity contribution >= 4 is 5.91 Å². The van der Waals surface area contributed by atoms with Gasteiger partial charge in [0.15, 0.2) is 0 Å². The Morgan fingerprint density at radius 3 is 2.46 bits per heavy atom. The van der Waals surface area contributed by atoms with Crippen LogP contribution in [0.5, 0.6) is 0 Å².